The molecule has 1 atom stereocenters. The van der Waals surface area contributed by atoms with Gasteiger partial charge in [-0.05, 0) is 55.7 Å². The van der Waals surface area contributed by atoms with Crippen LogP contribution in [0.3, 0.4) is 0 Å². The lowest BCUT2D eigenvalue weighted by atomic mass is 10.0. The first-order valence-corrected chi connectivity index (χ1v) is 10.9. The van der Waals surface area contributed by atoms with E-state index in [1.165, 1.54) is 24.3 Å². The van der Waals surface area contributed by atoms with Crippen molar-refractivity contribution in [3.05, 3.63) is 69.9 Å². The molecule has 3 heterocycles. The zero-order chi connectivity index (χ0) is 21.4. The Hall–Kier alpha value is -3.33. The number of aromatic nitrogens is 3. The predicted octanol–water partition coefficient (Wildman–Crippen LogP) is 4.01. The fourth-order valence-corrected chi connectivity index (χ4v) is 4.97. The number of rotatable bonds is 4. The first-order valence-electron chi connectivity index (χ1n) is 10.1. The summed E-state index contributed by atoms with van der Waals surface area (Å²) in [6, 6.07) is 13.3. The van der Waals surface area contributed by atoms with Crippen LogP contribution in [0.15, 0.2) is 57.7 Å². The zero-order valence-electron chi connectivity index (χ0n) is 16.5. The summed E-state index contributed by atoms with van der Waals surface area (Å²) in [5, 5.41) is 5.04. The predicted molar refractivity (Wildman–Crippen MR) is 114 cm³/mol. The molecule has 4 aromatic rings. The molecule has 1 amide bonds. The molecule has 9 heteroatoms. The molecule has 1 saturated heterocycles. The number of carbonyl (C=O) groups excluding carboxylic acids is 1. The minimum atomic E-state index is -0.721. The van der Waals surface area contributed by atoms with Gasteiger partial charge in [0.25, 0.3) is 0 Å². The minimum absolute atomic E-state index is 0.0548. The van der Waals surface area contributed by atoms with Crippen molar-refractivity contribution in [2.75, 3.05) is 6.54 Å². The van der Waals surface area contributed by atoms with Crippen molar-refractivity contribution in [2.45, 2.75) is 31.8 Å². The number of thiazole rings is 1. The number of piperidine rings is 1. The van der Waals surface area contributed by atoms with Gasteiger partial charge in [-0.3, -0.25) is 4.79 Å². The number of amides is 1. The van der Waals surface area contributed by atoms with Crippen molar-refractivity contribution < 1.29 is 13.6 Å². The van der Waals surface area contributed by atoms with Crippen LogP contribution in [0.25, 0.3) is 21.7 Å². The van der Waals surface area contributed by atoms with Gasteiger partial charge in [0.05, 0.1) is 16.3 Å². The van der Waals surface area contributed by atoms with Crippen LogP contribution < -0.4 is 5.76 Å². The molecule has 1 fully saturated rings. The van der Waals surface area contributed by atoms with Crippen molar-refractivity contribution in [3.8, 4) is 11.5 Å². The maximum Gasteiger partial charge on any atom is 0.437 e. The maximum atomic E-state index is 13.1. The summed E-state index contributed by atoms with van der Waals surface area (Å²) in [4.78, 5) is 31.9. The van der Waals surface area contributed by atoms with Crippen LogP contribution in [0.2, 0.25) is 0 Å². The van der Waals surface area contributed by atoms with Crippen LogP contribution in [-0.2, 0) is 11.3 Å². The van der Waals surface area contributed by atoms with Crippen molar-refractivity contribution in [3.63, 3.8) is 0 Å². The number of fused-ring (bicyclic) bond motifs is 1. The van der Waals surface area contributed by atoms with E-state index in [1.54, 1.807) is 16.2 Å². The van der Waals surface area contributed by atoms with E-state index in [-0.39, 0.29) is 24.4 Å². The number of nitrogens with zero attached hydrogens (tertiary/aromatic N) is 4. The second kappa shape index (κ2) is 8.07. The summed E-state index contributed by atoms with van der Waals surface area (Å²) < 4.78 is 20.4. The quantitative estimate of drug-likeness (QED) is 0.481. The third kappa shape index (κ3) is 3.88. The van der Waals surface area contributed by atoms with E-state index >= 15 is 0 Å². The van der Waals surface area contributed by atoms with Crippen molar-refractivity contribution in [1.29, 1.82) is 0 Å². The smallest absolute Gasteiger partial charge is 0.388 e. The number of halogens is 1. The number of hydrogen-bond acceptors (Lipinski definition) is 6. The Bertz CT molecular complexity index is 1260. The highest BCUT2D eigenvalue weighted by Gasteiger charge is 2.31. The lowest BCUT2D eigenvalue weighted by Crippen LogP contribution is -2.41. The second-order valence-electron chi connectivity index (χ2n) is 7.46. The molecule has 7 nitrogen and oxygen atoms in total. The summed E-state index contributed by atoms with van der Waals surface area (Å²) in [5.41, 5.74) is 1.40. The van der Waals surface area contributed by atoms with Crippen molar-refractivity contribution >= 4 is 27.5 Å². The van der Waals surface area contributed by atoms with E-state index < -0.39 is 11.6 Å². The van der Waals surface area contributed by atoms with Crippen LogP contribution in [0.4, 0.5) is 4.39 Å². The maximum absolute atomic E-state index is 13.1. The van der Waals surface area contributed by atoms with Gasteiger partial charge in [-0.1, -0.05) is 12.1 Å². The lowest BCUT2D eigenvalue weighted by Gasteiger charge is -2.34. The number of para-hydroxylation sites is 1. The van der Waals surface area contributed by atoms with E-state index in [0.717, 1.165) is 39.2 Å². The van der Waals surface area contributed by atoms with Gasteiger partial charge in [0.2, 0.25) is 11.8 Å². The van der Waals surface area contributed by atoms with Crippen LogP contribution in [0.1, 0.15) is 30.3 Å². The molecule has 0 saturated carbocycles. The van der Waals surface area contributed by atoms with Gasteiger partial charge in [0.15, 0.2) is 0 Å². The Morgan fingerprint density at radius 2 is 1.97 bits per heavy atom. The molecule has 31 heavy (non-hydrogen) atoms. The zero-order valence-corrected chi connectivity index (χ0v) is 17.3. The molecule has 0 radical (unpaired) electrons. The largest absolute Gasteiger partial charge is 0.437 e. The lowest BCUT2D eigenvalue weighted by molar-refractivity contribution is -0.136. The van der Waals surface area contributed by atoms with E-state index in [1.807, 2.05) is 24.3 Å². The topological polar surface area (TPSA) is 81.2 Å². The van der Waals surface area contributed by atoms with Crippen LogP contribution in [0, 0.1) is 5.82 Å². The summed E-state index contributed by atoms with van der Waals surface area (Å²) in [6.07, 6.45) is 2.75. The molecule has 2 aromatic carbocycles. The monoisotopic (exact) mass is 438 g/mol. The van der Waals surface area contributed by atoms with Crippen LogP contribution in [-0.4, -0.2) is 32.1 Å². The Balaban J connectivity index is 1.38. The van der Waals surface area contributed by atoms with E-state index in [4.69, 9.17) is 9.40 Å². The first kappa shape index (κ1) is 19.6. The molecule has 0 spiro atoms. The molecular weight excluding hydrogens is 419 g/mol. The van der Waals surface area contributed by atoms with Gasteiger partial charge >= 0.3 is 5.76 Å². The molecule has 158 valence electrons. The van der Waals surface area contributed by atoms with Crippen molar-refractivity contribution in [2.24, 2.45) is 0 Å². The van der Waals surface area contributed by atoms with Gasteiger partial charge in [0.1, 0.15) is 17.4 Å². The molecule has 0 bridgehead atoms. The Morgan fingerprint density at radius 1 is 1.16 bits per heavy atom. The highest BCUT2D eigenvalue weighted by atomic mass is 32.1. The average Bonchev–Trinajstić information content (AvgIpc) is 3.38. The van der Waals surface area contributed by atoms with Crippen LogP contribution >= 0.6 is 11.3 Å². The number of hydrogen-bond donors (Lipinski definition) is 0. The van der Waals surface area contributed by atoms with Crippen molar-refractivity contribution in [1.82, 2.24) is 19.7 Å². The SMILES string of the molecule is O=C(Cn1nc(-c2ccc(F)cc2)oc1=O)N1CCCC[C@H]1c1nc2ccccc2s1. The molecule has 0 unspecified atom stereocenters. The Labute approximate surface area is 180 Å². The highest BCUT2D eigenvalue weighted by molar-refractivity contribution is 7.18. The molecule has 1 aliphatic rings. The van der Waals surface area contributed by atoms with Gasteiger partial charge in [-0.25, -0.2) is 14.2 Å². The molecule has 5 rings (SSSR count). The highest BCUT2D eigenvalue weighted by Crippen LogP contribution is 2.35. The fraction of sp³-hybridized carbons (Fsp3) is 0.273. The normalized spacial score (nSPS) is 16.7. The number of likely N-dealkylation sites (tertiary alicyclic amines) is 1. The van der Waals surface area contributed by atoms with Gasteiger partial charge in [-0.2, -0.15) is 4.68 Å². The first-order chi connectivity index (χ1) is 15.1. The molecular formula is C22H19FN4O3S. The third-order valence-electron chi connectivity index (χ3n) is 5.40. The third-order valence-corrected chi connectivity index (χ3v) is 6.54. The van der Waals surface area contributed by atoms with E-state index in [2.05, 4.69) is 5.10 Å². The molecule has 2 aromatic heterocycles. The van der Waals surface area contributed by atoms with Gasteiger partial charge < -0.3 is 9.32 Å². The summed E-state index contributed by atoms with van der Waals surface area (Å²) >= 11 is 1.60. The fourth-order valence-electron chi connectivity index (χ4n) is 3.85. The molecule has 0 aliphatic carbocycles. The molecule has 0 N–H and O–H groups in total. The van der Waals surface area contributed by atoms with Gasteiger partial charge in [-0.15, -0.1) is 16.4 Å². The minimum Gasteiger partial charge on any atom is -0.388 e. The average molecular weight is 438 g/mol. The van der Waals surface area contributed by atoms with Gasteiger partial charge in [0, 0.05) is 12.1 Å². The summed E-state index contributed by atoms with van der Waals surface area (Å²) in [6.45, 7) is 0.391. The van der Waals surface area contributed by atoms with E-state index in [0.29, 0.717) is 12.1 Å². The number of benzene rings is 2. The standard InChI is InChI=1S/C22H19FN4O3S/c23-15-10-8-14(9-11-15)20-25-27(22(29)30-20)13-19(28)26-12-4-3-6-17(26)21-24-16-5-1-2-7-18(16)31-21/h1-2,5,7-11,17H,3-4,6,12-13H2/t17-/m0/s1. The summed E-state index contributed by atoms with van der Waals surface area (Å²) in [7, 11) is 0. The second-order valence-corrected chi connectivity index (χ2v) is 8.52. The Kier molecular flexibility index (Phi) is 5.11. The van der Waals surface area contributed by atoms with E-state index in [9.17, 15) is 14.0 Å². The van der Waals surface area contributed by atoms with Crippen LogP contribution in [0.5, 0.6) is 0 Å². The number of carbonyl (C=O) groups is 1. The summed E-state index contributed by atoms with van der Waals surface area (Å²) in [5.74, 6) is -1.27. The molecule has 1 aliphatic heterocycles. The Morgan fingerprint density at radius 3 is 2.77 bits per heavy atom.